The number of aryl methyl sites for hydroxylation is 6. The highest BCUT2D eigenvalue weighted by Gasteiger charge is 2.27. The van der Waals surface area contributed by atoms with Crippen LogP contribution in [0.4, 0.5) is 22.7 Å². The van der Waals surface area contributed by atoms with Gasteiger partial charge in [-0.2, -0.15) is 0 Å². The molecular formula is C66H109N9O5+4. The average molecular weight is 1110 g/mol. The number of ether oxygens (including phenoxy) is 1. The first kappa shape index (κ1) is 65.1. The summed E-state index contributed by atoms with van der Waals surface area (Å²) < 4.78 is 13.4. The van der Waals surface area contributed by atoms with Crippen LogP contribution in [0.1, 0.15) is 144 Å². The molecule has 80 heavy (non-hydrogen) atoms. The second-order valence-electron chi connectivity index (χ2n) is 24.6. The summed E-state index contributed by atoms with van der Waals surface area (Å²) in [4.78, 5) is 0. The number of rotatable bonds is 26. The number of hydrogen-bond acceptors (Lipinski definition) is 9. The van der Waals surface area contributed by atoms with E-state index in [2.05, 4.69) is 49.0 Å². The van der Waals surface area contributed by atoms with Crippen molar-refractivity contribution in [1.29, 1.82) is 0 Å². The average Bonchev–Trinajstić information content (AvgIpc) is 4.08. The molecule has 5 aromatic rings. The topological polar surface area (TPSA) is 203 Å². The van der Waals surface area contributed by atoms with Crippen molar-refractivity contribution in [3.05, 3.63) is 114 Å². The first-order chi connectivity index (χ1) is 38.4. The Morgan fingerprint density at radius 2 is 0.738 bits per heavy atom. The van der Waals surface area contributed by atoms with E-state index < -0.39 is 0 Å². The van der Waals surface area contributed by atoms with Gasteiger partial charge in [-0.05, 0) is 217 Å². The third kappa shape index (κ3) is 25.0. The monoisotopic (exact) mass is 1110 g/mol. The molecule has 0 unspecified atom stereocenters. The highest BCUT2D eigenvalue weighted by Crippen LogP contribution is 2.26. The number of nitrogens with two attached hydrogens (primary N) is 4. The van der Waals surface area contributed by atoms with Crippen molar-refractivity contribution >= 4 is 22.7 Å². The minimum atomic E-state index is 0.301. The van der Waals surface area contributed by atoms with Gasteiger partial charge < -0.3 is 61.5 Å². The maximum absolute atomic E-state index is 9.49. The maximum Gasteiger partial charge on any atom is 0.243 e. The largest absolute Gasteiger partial charge is 0.508 e. The molecule has 0 spiro atoms. The van der Waals surface area contributed by atoms with Crippen molar-refractivity contribution in [2.24, 2.45) is 7.05 Å². The van der Waals surface area contributed by atoms with E-state index in [1.54, 1.807) is 72.8 Å². The van der Waals surface area contributed by atoms with Crippen LogP contribution in [0.25, 0.3) is 0 Å². The molecule has 0 amide bonds. The first-order valence-corrected chi connectivity index (χ1v) is 30.8. The fourth-order valence-corrected chi connectivity index (χ4v) is 11.8. The number of unbranched alkanes of at least 4 members (excludes halogenated alkanes) is 10. The smallest absolute Gasteiger partial charge is 0.243 e. The molecule has 3 fully saturated rings. The molecule has 14 heteroatoms. The number of phenols is 4. The molecule has 3 saturated heterocycles. The highest BCUT2D eigenvalue weighted by molar-refractivity contribution is 5.52. The SMILES string of the molecule is C[N+]1(CCCCCCc2cc(O)ccc2N)CCCC1.C[N+]1(CCCCCc2cc(O)ccc2N)CCCCC1.C[N+]1(CCCCCc2cc(O)ccc2N)CCOCC1.C[n+]1ccn(CCCCCCc2cc(O)ccc2N)c1. The zero-order valence-electron chi connectivity index (χ0n) is 50.2. The molecule has 0 saturated carbocycles. The van der Waals surface area contributed by atoms with Crippen LogP contribution in [0.15, 0.2) is 91.5 Å². The number of nitrogens with zero attached hydrogens (tertiary/aromatic N) is 5. The second kappa shape index (κ2) is 34.6. The molecule has 444 valence electrons. The van der Waals surface area contributed by atoms with Gasteiger partial charge in [-0.25, -0.2) is 9.13 Å². The lowest BCUT2D eigenvalue weighted by atomic mass is 10.0. The standard InChI is InChI=1S/2C17H28N2O.C16H23N3O.C16H26N2O2/c1-19(12-6-3-7-13-19)11-5-2-4-8-15-14-16(20)9-10-17(15)18;1-19(12-6-7-13-19)11-5-3-2-4-8-15-14-16(20)9-10-17(15)18;1-18-10-11-19(13-18)9-5-3-2-4-6-14-12-15(20)7-8-16(14)17;1-18(9-11-20-12-10-18)8-4-2-3-5-14-13-15(19)6-7-16(14)17/h2*9-10,14H,2-8,11-13,18H2,1H3;7-8,10-13H,2-6,9,17H2,1H3;6-7,13H,2-5,8-12,17H2,1H3/p+4. The number of phenolic OH excluding ortho intramolecular Hbond substituents is 4. The Morgan fingerprint density at radius 1 is 0.425 bits per heavy atom. The van der Waals surface area contributed by atoms with Gasteiger partial charge in [-0.15, -0.1) is 0 Å². The summed E-state index contributed by atoms with van der Waals surface area (Å²) in [5.41, 5.74) is 31.1. The van der Waals surface area contributed by atoms with Crippen LogP contribution in [0.5, 0.6) is 23.0 Å². The maximum atomic E-state index is 9.49. The van der Waals surface area contributed by atoms with E-state index in [9.17, 15) is 20.4 Å². The van der Waals surface area contributed by atoms with Crippen molar-refractivity contribution in [3.8, 4) is 23.0 Å². The number of hydrogen-bond donors (Lipinski definition) is 8. The quantitative estimate of drug-likeness (QED) is 0.00871. The zero-order chi connectivity index (χ0) is 57.6. The number of aromatic hydroxyl groups is 4. The molecule has 0 aliphatic carbocycles. The Labute approximate surface area is 482 Å². The number of morpholine rings is 1. The summed E-state index contributed by atoms with van der Waals surface area (Å²) in [6, 6.07) is 20.9. The Bertz CT molecular complexity index is 2430. The fraction of sp³-hybridized carbons (Fsp3) is 0.591. The predicted molar refractivity (Wildman–Crippen MR) is 331 cm³/mol. The van der Waals surface area contributed by atoms with Crippen molar-refractivity contribution in [2.75, 3.05) is 116 Å². The number of anilines is 4. The molecule has 0 atom stereocenters. The molecule has 3 aliphatic heterocycles. The summed E-state index contributed by atoms with van der Waals surface area (Å²) in [6.45, 7) is 14.5. The van der Waals surface area contributed by atoms with Gasteiger partial charge in [0, 0.05) is 35.6 Å². The summed E-state index contributed by atoms with van der Waals surface area (Å²) >= 11 is 0. The summed E-state index contributed by atoms with van der Waals surface area (Å²) in [6.07, 6.45) is 34.3. The van der Waals surface area contributed by atoms with Gasteiger partial charge in [-0.3, -0.25) is 0 Å². The number of likely N-dealkylation sites (tertiary alicyclic amines) is 2. The molecule has 4 heterocycles. The van der Waals surface area contributed by atoms with Crippen LogP contribution >= 0.6 is 0 Å². The number of piperidine rings is 1. The summed E-state index contributed by atoms with van der Waals surface area (Å²) in [5, 5.41) is 37.9. The molecule has 4 aromatic carbocycles. The minimum Gasteiger partial charge on any atom is -0.508 e. The molecule has 0 radical (unpaired) electrons. The predicted octanol–water partition coefficient (Wildman–Crippen LogP) is 11.2. The van der Waals surface area contributed by atoms with Gasteiger partial charge in [0.2, 0.25) is 6.33 Å². The van der Waals surface area contributed by atoms with Gasteiger partial charge in [0.1, 0.15) is 48.5 Å². The molecule has 14 nitrogen and oxygen atoms in total. The van der Waals surface area contributed by atoms with Crippen LogP contribution < -0.4 is 27.5 Å². The number of likely N-dealkylation sites (N-methyl/N-ethyl adjacent to an activating group) is 1. The Kier molecular flexibility index (Phi) is 28.2. The van der Waals surface area contributed by atoms with Crippen molar-refractivity contribution in [1.82, 2.24) is 4.57 Å². The van der Waals surface area contributed by atoms with E-state index in [4.69, 9.17) is 27.7 Å². The van der Waals surface area contributed by atoms with Crippen molar-refractivity contribution in [2.45, 2.75) is 154 Å². The number of nitrogen functional groups attached to an aromatic ring is 4. The molecular weight excluding hydrogens is 999 g/mol. The van der Waals surface area contributed by atoms with Gasteiger partial charge in [0.15, 0.2) is 0 Å². The zero-order valence-corrected chi connectivity index (χ0v) is 50.2. The van der Waals surface area contributed by atoms with Gasteiger partial charge >= 0.3 is 0 Å². The fourth-order valence-electron chi connectivity index (χ4n) is 11.8. The second-order valence-corrected chi connectivity index (χ2v) is 24.6. The third-order valence-corrected chi connectivity index (χ3v) is 17.2. The molecule has 12 N–H and O–H groups in total. The molecule has 1 aromatic heterocycles. The van der Waals surface area contributed by atoms with Crippen LogP contribution in [-0.2, 0) is 44.0 Å². The summed E-state index contributed by atoms with van der Waals surface area (Å²) in [7, 11) is 9.18. The van der Waals surface area contributed by atoms with E-state index in [0.29, 0.717) is 23.0 Å². The normalized spacial score (nSPS) is 16.1. The van der Waals surface area contributed by atoms with E-state index >= 15 is 0 Å². The Morgan fingerprint density at radius 3 is 1.09 bits per heavy atom. The van der Waals surface area contributed by atoms with Crippen LogP contribution in [-0.4, -0.2) is 132 Å². The van der Waals surface area contributed by atoms with E-state index in [0.717, 1.165) is 134 Å². The van der Waals surface area contributed by atoms with Crippen molar-refractivity contribution < 1.29 is 43.2 Å². The lowest BCUT2D eigenvalue weighted by Gasteiger charge is -2.37. The van der Waals surface area contributed by atoms with Gasteiger partial charge in [-0.1, -0.05) is 12.8 Å². The van der Waals surface area contributed by atoms with Gasteiger partial charge in [0.25, 0.3) is 0 Å². The molecule has 3 aliphatic rings. The number of quaternary nitrogens is 3. The number of benzene rings is 4. The number of aromatic nitrogens is 2. The molecule has 8 rings (SSSR count). The first-order valence-electron chi connectivity index (χ1n) is 30.8. The Balaban J connectivity index is 0.000000196. The highest BCUT2D eigenvalue weighted by atomic mass is 16.5. The van der Waals surface area contributed by atoms with E-state index in [1.165, 1.54) is 151 Å². The minimum absolute atomic E-state index is 0.301. The van der Waals surface area contributed by atoms with Crippen LogP contribution in [0, 0.1) is 0 Å². The lowest BCUT2D eigenvalue weighted by Crippen LogP contribution is -2.52. The summed E-state index contributed by atoms with van der Waals surface area (Å²) in [5.74, 6) is 1.25. The van der Waals surface area contributed by atoms with Crippen LogP contribution in [0.3, 0.4) is 0 Å². The van der Waals surface area contributed by atoms with Gasteiger partial charge in [0.05, 0.1) is 93.8 Å². The third-order valence-electron chi connectivity index (χ3n) is 17.2. The lowest BCUT2D eigenvalue weighted by molar-refractivity contribution is -0.917. The van der Waals surface area contributed by atoms with Crippen molar-refractivity contribution in [3.63, 3.8) is 0 Å². The van der Waals surface area contributed by atoms with E-state index in [-0.39, 0.29) is 0 Å². The molecule has 0 bridgehead atoms. The Hall–Kier alpha value is -5.67. The van der Waals surface area contributed by atoms with E-state index in [1.807, 2.05) is 7.05 Å². The number of imidazole rings is 1. The van der Waals surface area contributed by atoms with Crippen LogP contribution in [0.2, 0.25) is 0 Å².